The molecule has 1 aliphatic heterocycles. The Bertz CT molecular complexity index is 516. The number of carbonyl (C=O) groups is 1. The van der Waals surface area contributed by atoms with Crippen LogP contribution in [0.5, 0.6) is 0 Å². The van der Waals surface area contributed by atoms with Crippen molar-refractivity contribution in [2.75, 3.05) is 19.8 Å². The van der Waals surface area contributed by atoms with Crippen molar-refractivity contribution in [1.82, 2.24) is 5.32 Å². The Morgan fingerprint density at radius 1 is 1.43 bits per heavy atom. The highest BCUT2D eigenvalue weighted by atomic mass is 19.2. The van der Waals surface area contributed by atoms with Gasteiger partial charge >= 0.3 is 0 Å². The third-order valence-electron chi connectivity index (χ3n) is 4.17. The van der Waals surface area contributed by atoms with Gasteiger partial charge in [-0.25, -0.2) is 8.78 Å². The number of ether oxygens (including phenoxy) is 1. The van der Waals surface area contributed by atoms with Gasteiger partial charge in [-0.05, 0) is 25.8 Å². The summed E-state index contributed by atoms with van der Waals surface area (Å²) in [5, 5.41) is 3.10. The number of amides is 1. The van der Waals surface area contributed by atoms with Crippen LogP contribution < -0.4 is 11.1 Å². The minimum absolute atomic E-state index is 0.238. The van der Waals surface area contributed by atoms with Crippen LogP contribution in [0.4, 0.5) is 8.78 Å². The number of primary amides is 1. The van der Waals surface area contributed by atoms with Crippen molar-refractivity contribution in [3.05, 3.63) is 35.4 Å². The molecule has 0 saturated carbocycles. The largest absolute Gasteiger partial charge is 0.381 e. The van der Waals surface area contributed by atoms with Crippen molar-refractivity contribution in [1.29, 1.82) is 0 Å². The summed E-state index contributed by atoms with van der Waals surface area (Å²) >= 11 is 0. The smallest absolute Gasteiger partial charge is 0.225 e. The van der Waals surface area contributed by atoms with Gasteiger partial charge in [-0.1, -0.05) is 12.1 Å². The maximum absolute atomic E-state index is 13.7. The van der Waals surface area contributed by atoms with Gasteiger partial charge in [0.15, 0.2) is 11.6 Å². The molecule has 1 heterocycles. The zero-order valence-electron chi connectivity index (χ0n) is 12.0. The topological polar surface area (TPSA) is 64.3 Å². The first-order valence-corrected chi connectivity index (χ1v) is 7.01. The summed E-state index contributed by atoms with van der Waals surface area (Å²) in [4.78, 5) is 11.7. The van der Waals surface area contributed by atoms with Crippen LogP contribution >= 0.6 is 0 Å². The van der Waals surface area contributed by atoms with E-state index in [1.54, 1.807) is 6.92 Å². The molecular formula is C15H20F2N2O2. The lowest BCUT2D eigenvalue weighted by Crippen LogP contribution is -2.48. The van der Waals surface area contributed by atoms with Crippen LogP contribution in [0.1, 0.15) is 31.4 Å². The first-order valence-electron chi connectivity index (χ1n) is 7.01. The molecule has 0 bridgehead atoms. The number of benzene rings is 1. The normalized spacial score (nSPS) is 19.2. The lowest BCUT2D eigenvalue weighted by Gasteiger charge is -2.35. The molecule has 3 N–H and O–H groups in total. The molecule has 1 aromatic rings. The predicted molar refractivity (Wildman–Crippen MR) is 74.5 cm³/mol. The average molecular weight is 298 g/mol. The van der Waals surface area contributed by atoms with Crippen molar-refractivity contribution < 1.29 is 18.3 Å². The van der Waals surface area contributed by atoms with E-state index in [4.69, 9.17) is 10.5 Å². The van der Waals surface area contributed by atoms with Crippen LogP contribution in [0.2, 0.25) is 0 Å². The van der Waals surface area contributed by atoms with E-state index in [1.807, 2.05) is 0 Å². The van der Waals surface area contributed by atoms with Crippen LogP contribution in [0.3, 0.4) is 0 Å². The van der Waals surface area contributed by atoms with Gasteiger partial charge in [0.05, 0.1) is 5.41 Å². The Hall–Kier alpha value is -1.53. The molecule has 2 rings (SSSR count). The van der Waals surface area contributed by atoms with E-state index < -0.39 is 23.1 Å². The number of nitrogens with one attached hydrogen (secondary N) is 1. The van der Waals surface area contributed by atoms with E-state index in [0.29, 0.717) is 32.6 Å². The lowest BCUT2D eigenvalue weighted by atomic mass is 9.79. The van der Waals surface area contributed by atoms with Crippen molar-refractivity contribution >= 4 is 5.91 Å². The lowest BCUT2D eigenvalue weighted by molar-refractivity contribution is -0.133. The van der Waals surface area contributed by atoms with E-state index >= 15 is 0 Å². The van der Waals surface area contributed by atoms with Gasteiger partial charge in [0.1, 0.15) is 0 Å². The molecule has 0 aliphatic carbocycles. The first-order chi connectivity index (χ1) is 9.96. The molecule has 21 heavy (non-hydrogen) atoms. The molecule has 116 valence electrons. The van der Waals surface area contributed by atoms with Gasteiger partial charge < -0.3 is 15.8 Å². The quantitative estimate of drug-likeness (QED) is 0.872. The molecule has 4 nitrogen and oxygen atoms in total. The minimum atomic E-state index is -0.878. The number of hydrogen-bond acceptors (Lipinski definition) is 3. The predicted octanol–water partition coefficient (Wildman–Crippen LogP) is 1.90. The summed E-state index contributed by atoms with van der Waals surface area (Å²) in [6.07, 6.45) is 1.07. The summed E-state index contributed by atoms with van der Waals surface area (Å²) < 4.78 is 32.2. The highest BCUT2D eigenvalue weighted by Gasteiger charge is 2.38. The number of hydrogen-bond donors (Lipinski definition) is 2. The van der Waals surface area contributed by atoms with Crippen molar-refractivity contribution in [3.63, 3.8) is 0 Å². The first kappa shape index (κ1) is 15.9. The van der Waals surface area contributed by atoms with Crippen molar-refractivity contribution in [2.24, 2.45) is 11.1 Å². The maximum atomic E-state index is 13.7. The highest BCUT2D eigenvalue weighted by Crippen LogP contribution is 2.30. The summed E-state index contributed by atoms with van der Waals surface area (Å²) in [7, 11) is 0. The van der Waals surface area contributed by atoms with Crippen molar-refractivity contribution in [3.8, 4) is 0 Å². The van der Waals surface area contributed by atoms with Gasteiger partial charge in [-0.3, -0.25) is 4.79 Å². The van der Waals surface area contributed by atoms with Crippen LogP contribution in [-0.4, -0.2) is 25.7 Å². The number of nitrogens with two attached hydrogens (primary N) is 1. The van der Waals surface area contributed by atoms with E-state index in [0.717, 1.165) is 6.07 Å². The Labute approximate surface area is 122 Å². The van der Waals surface area contributed by atoms with Crippen molar-refractivity contribution in [2.45, 2.75) is 25.8 Å². The zero-order valence-corrected chi connectivity index (χ0v) is 12.0. The van der Waals surface area contributed by atoms with Crippen LogP contribution in [0.15, 0.2) is 18.2 Å². The summed E-state index contributed by atoms with van der Waals surface area (Å²) in [6, 6.07) is 3.65. The van der Waals surface area contributed by atoms with Gasteiger partial charge in [0, 0.05) is 31.4 Å². The number of carbonyl (C=O) groups excluding carboxylic acids is 1. The second kappa shape index (κ2) is 6.49. The van der Waals surface area contributed by atoms with Gasteiger partial charge in [0.2, 0.25) is 5.91 Å². The Balaban J connectivity index is 2.07. The molecule has 1 aromatic carbocycles. The molecule has 0 radical (unpaired) electrons. The highest BCUT2D eigenvalue weighted by molar-refractivity contribution is 5.81. The number of rotatable bonds is 5. The Morgan fingerprint density at radius 3 is 2.71 bits per heavy atom. The molecule has 6 heteroatoms. The van der Waals surface area contributed by atoms with E-state index in [2.05, 4.69) is 5.32 Å². The van der Waals surface area contributed by atoms with Crippen LogP contribution in [0, 0.1) is 17.0 Å². The van der Waals surface area contributed by atoms with Crippen LogP contribution in [-0.2, 0) is 9.53 Å². The van der Waals surface area contributed by atoms with Gasteiger partial charge in [0.25, 0.3) is 0 Å². The fourth-order valence-electron chi connectivity index (χ4n) is 2.59. The molecule has 1 amide bonds. The van der Waals surface area contributed by atoms with Gasteiger partial charge in [-0.15, -0.1) is 0 Å². The third kappa shape index (κ3) is 3.39. The molecule has 1 fully saturated rings. The van der Waals surface area contributed by atoms with E-state index in [1.165, 1.54) is 12.1 Å². The van der Waals surface area contributed by atoms with E-state index in [9.17, 15) is 13.6 Å². The molecule has 1 unspecified atom stereocenters. The summed E-state index contributed by atoms with van der Waals surface area (Å²) in [5.74, 6) is -2.13. The fourth-order valence-corrected chi connectivity index (χ4v) is 2.59. The van der Waals surface area contributed by atoms with Crippen LogP contribution in [0.25, 0.3) is 0 Å². The fraction of sp³-hybridized carbons (Fsp3) is 0.533. The summed E-state index contributed by atoms with van der Waals surface area (Å²) in [6.45, 7) is 3.01. The molecular weight excluding hydrogens is 278 g/mol. The summed E-state index contributed by atoms with van der Waals surface area (Å²) in [5.41, 5.74) is 5.07. The second-order valence-corrected chi connectivity index (χ2v) is 5.50. The molecule has 1 saturated heterocycles. The Morgan fingerprint density at radius 2 is 2.10 bits per heavy atom. The average Bonchev–Trinajstić information content (AvgIpc) is 2.48. The third-order valence-corrected chi connectivity index (χ3v) is 4.17. The maximum Gasteiger partial charge on any atom is 0.225 e. The SMILES string of the molecule is CC(NCC1(C(N)=O)CCOCC1)c1cccc(F)c1F. The molecule has 1 aliphatic rings. The number of halogens is 2. The standard InChI is InChI=1S/C15H20F2N2O2/c1-10(11-3-2-4-12(16)13(11)17)19-9-15(14(18)20)5-7-21-8-6-15/h2-4,10,19H,5-9H2,1H3,(H2,18,20). The second-order valence-electron chi connectivity index (χ2n) is 5.50. The molecule has 0 spiro atoms. The molecule has 1 atom stereocenters. The van der Waals surface area contributed by atoms with Gasteiger partial charge in [-0.2, -0.15) is 0 Å². The minimum Gasteiger partial charge on any atom is -0.381 e. The monoisotopic (exact) mass is 298 g/mol. The zero-order chi connectivity index (χ0) is 15.5. The molecule has 0 aromatic heterocycles. The van der Waals surface area contributed by atoms with E-state index in [-0.39, 0.29) is 11.5 Å². The Kier molecular flexibility index (Phi) is 4.90.